The molecule has 1 aromatic rings. The number of hydrogen-bond donors (Lipinski definition) is 1. The van der Waals surface area contributed by atoms with Crippen LogP contribution in [0.15, 0.2) is 18.2 Å². The average Bonchev–Trinajstić information content (AvgIpc) is 2.97. The van der Waals surface area contributed by atoms with Crippen molar-refractivity contribution in [3.63, 3.8) is 0 Å². The minimum absolute atomic E-state index is 0.00277. The van der Waals surface area contributed by atoms with Crippen LogP contribution < -0.4 is 4.74 Å². The molecular weight excluding hydrogens is 368 g/mol. The van der Waals surface area contributed by atoms with Crippen LogP contribution in [-0.2, 0) is 20.7 Å². The van der Waals surface area contributed by atoms with E-state index in [2.05, 4.69) is 25.1 Å². The summed E-state index contributed by atoms with van der Waals surface area (Å²) in [4.78, 5) is 12.7. The predicted molar refractivity (Wildman–Crippen MR) is 108 cm³/mol. The van der Waals surface area contributed by atoms with Gasteiger partial charge in [-0.05, 0) is 73.6 Å². The van der Waals surface area contributed by atoms with E-state index in [1.54, 1.807) is 7.11 Å². The average molecular weight is 401 g/mol. The van der Waals surface area contributed by atoms with Gasteiger partial charge in [0.2, 0.25) is 0 Å². The molecule has 5 rings (SSSR count). The number of aliphatic hydroxyl groups excluding tert-OH is 1. The third-order valence-corrected chi connectivity index (χ3v) is 8.09. The van der Waals surface area contributed by atoms with Crippen molar-refractivity contribution in [3.8, 4) is 5.75 Å². The van der Waals surface area contributed by atoms with Gasteiger partial charge in [-0.15, -0.1) is 0 Å². The molecule has 1 aliphatic heterocycles. The van der Waals surface area contributed by atoms with Crippen molar-refractivity contribution >= 4 is 5.78 Å². The van der Waals surface area contributed by atoms with Crippen LogP contribution >= 0.6 is 0 Å². The molecule has 3 aliphatic carbocycles. The van der Waals surface area contributed by atoms with E-state index < -0.39 is 11.5 Å². The highest BCUT2D eigenvalue weighted by Crippen LogP contribution is 2.60. The van der Waals surface area contributed by atoms with Crippen molar-refractivity contribution < 1.29 is 24.1 Å². The Kier molecular flexibility index (Phi) is 4.96. The van der Waals surface area contributed by atoms with Crippen LogP contribution in [0.3, 0.4) is 0 Å². The Morgan fingerprint density at radius 2 is 2.10 bits per heavy atom. The maximum Gasteiger partial charge on any atom is 0.199 e. The molecule has 158 valence electrons. The summed E-state index contributed by atoms with van der Waals surface area (Å²) in [5, 5.41) is 10.3. The quantitative estimate of drug-likeness (QED) is 0.840. The van der Waals surface area contributed by atoms with Gasteiger partial charge in [0.05, 0.1) is 12.7 Å². The number of Topliss-reactive ketones (excluding diaryl/α,β-unsaturated/α-hetero) is 1. The lowest BCUT2D eigenvalue weighted by Crippen LogP contribution is -2.49. The van der Waals surface area contributed by atoms with Crippen LogP contribution in [-0.4, -0.2) is 43.1 Å². The largest absolute Gasteiger partial charge is 0.465 e. The summed E-state index contributed by atoms with van der Waals surface area (Å²) >= 11 is 0. The number of rotatable bonds is 3. The number of carbonyl (C=O) groups is 1. The molecular formula is C24H32O5. The van der Waals surface area contributed by atoms with Gasteiger partial charge < -0.3 is 19.3 Å². The second-order valence-electron chi connectivity index (χ2n) is 9.62. The topological polar surface area (TPSA) is 65.0 Å². The normalized spacial score (nSPS) is 41.4. The molecule has 1 saturated heterocycles. The Morgan fingerprint density at radius 3 is 2.86 bits per heavy atom. The fraction of sp³-hybridized carbons (Fsp3) is 0.708. The van der Waals surface area contributed by atoms with E-state index in [4.69, 9.17) is 14.2 Å². The first-order valence-corrected chi connectivity index (χ1v) is 11.2. The lowest BCUT2D eigenvalue weighted by atomic mass is 9.54. The van der Waals surface area contributed by atoms with Crippen LogP contribution in [0.25, 0.3) is 0 Å². The maximum atomic E-state index is 12.7. The number of aryl methyl sites for hydroxylation is 1. The van der Waals surface area contributed by atoms with Gasteiger partial charge in [0, 0.05) is 24.9 Å². The van der Waals surface area contributed by atoms with Crippen molar-refractivity contribution in [2.75, 3.05) is 13.7 Å². The molecule has 1 unspecified atom stereocenters. The summed E-state index contributed by atoms with van der Waals surface area (Å²) in [6, 6.07) is 6.44. The number of methoxy groups -OCH3 is 1. The van der Waals surface area contributed by atoms with Gasteiger partial charge in [0.15, 0.2) is 12.1 Å². The fourth-order valence-corrected chi connectivity index (χ4v) is 6.66. The van der Waals surface area contributed by atoms with Gasteiger partial charge in [0.25, 0.3) is 0 Å². The van der Waals surface area contributed by atoms with Crippen LogP contribution in [0.1, 0.15) is 62.5 Å². The molecule has 5 heteroatoms. The lowest BCUT2D eigenvalue weighted by Gasteiger charge is -2.51. The predicted octanol–water partition coefficient (Wildman–Crippen LogP) is 3.61. The monoisotopic (exact) mass is 400 g/mol. The highest BCUT2D eigenvalue weighted by Gasteiger charge is 2.60. The zero-order chi connectivity index (χ0) is 20.2. The molecule has 4 aliphatic rings. The summed E-state index contributed by atoms with van der Waals surface area (Å²) < 4.78 is 17.8. The molecule has 5 nitrogen and oxygen atoms in total. The molecule has 0 bridgehead atoms. The van der Waals surface area contributed by atoms with Crippen molar-refractivity contribution in [2.24, 2.45) is 17.3 Å². The highest BCUT2D eigenvalue weighted by atomic mass is 16.7. The Bertz CT molecular complexity index is 785. The van der Waals surface area contributed by atoms with Gasteiger partial charge in [-0.3, -0.25) is 4.79 Å². The number of carbonyl (C=O) groups excluding carboxylic acids is 1. The SMILES string of the molecule is CO[C@H]1C[C@]2(C)C(=O)[C@H](O)C[C@H]2[C@@H]2CCc3cc(OC4CCCCO4)ccc3[C@H]21. The summed E-state index contributed by atoms with van der Waals surface area (Å²) in [6.45, 7) is 2.83. The first-order chi connectivity index (χ1) is 14.0. The third kappa shape index (κ3) is 3.13. The second kappa shape index (κ2) is 7.36. The van der Waals surface area contributed by atoms with E-state index >= 15 is 0 Å². The van der Waals surface area contributed by atoms with Gasteiger partial charge >= 0.3 is 0 Å². The summed E-state index contributed by atoms with van der Waals surface area (Å²) in [5.74, 6) is 1.79. The van der Waals surface area contributed by atoms with Crippen molar-refractivity contribution in [2.45, 2.75) is 76.3 Å². The first-order valence-electron chi connectivity index (χ1n) is 11.2. The maximum absolute atomic E-state index is 12.7. The molecule has 3 fully saturated rings. The Labute approximate surface area is 172 Å². The Hall–Kier alpha value is -1.43. The first kappa shape index (κ1) is 19.5. The molecule has 1 N–H and O–H groups in total. The molecule has 1 heterocycles. The number of benzene rings is 1. The molecule has 0 radical (unpaired) electrons. The van der Waals surface area contributed by atoms with E-state index in [1.165, 1.54) is 11.1 Å². The Balaban J connectivity index is 1.43. The molecule has 0 aromatic heterocycles. The van der Waals surface area contributed by atoms with E-state index in [0.717, 1.165) is 44.5 Å². The zero-order valence-electron chi connectivity index (χ0n) is 17.4. The van der Waals surface area contributed by atoms with Gasteiger partial charge in [-0.2, -0.15) is 0 Å². The number of hydrogen-bond acceptors (Lipinski definition) is 5. The standard InChI is InChI=1S/C24H32O5/c1-24-13-20(27-2)22-16-9-7-15(29-21-5-3-4-10-28-21)11-14(16)6-8-17(22)18(24)12-19(25)23(24)26/h7,9,11,17-22,25H,3-6,8,10,12-13H2,1-2H3/t17-,18-,19+,20-,21?,22+,24-/m0/s1. The molecule has 29 heavy (non-hydrogen) atoms. The Morgan fingerprint density at radius 1 is 1.24 bits per heavy atom. The minimum atomic E-state index is -0.811. The third-order valence-electron chi connectivity index (χ3n) is 8.09. The molecule has 2 saturated carbocycles. The number of ketones is 1. The van der Waals surface area contributed by atoms with Crippen LogP contribution in [0.5, 0.6) is 5.75 Å². The molecule has 7 atom stereocenters. The van der Waals surface area contributed by atoms with Crippen LogP contribution in [0, 0.1) is 17.3 Å². The van der Waals surface area contributed by atoms with E-state index in [-0.39, 0.29) is 30.0 Å². The number of fused-ring (bicyclic) bond motifs is 5. The lowest BCUT2D eigenvalue weighted by molar-refractivity contribution is -0.139. The van der Waals surface area contributed by atoms with Crippen molar-refractivity contribution in [1.82, 2.24) is 0 Å². The number of ether oxygens (including phenoxy) is 3. The number of aliphatic hydroxyl groups is 1. The van der Waals surface area contributed by atoms with Crippen LogP contribution in [0.4, 0.5) is 0 Å². The summed E-state index contributed by atoms with van der Waals surface area (Å²) in [7, 11) is 1.76. The van der Waals surface area contributed by atoms with E-state index in [9.17, 15) is 9.90 Å². The van der Waals surface area contributed by atoms with E-state index in [1.807, 2.05) is 0 Å². The van der Waals surface area contributed by atoms with Gasteiger partial charge in [-0.25, -0.2) is 0 Å². The highest BCUT2D eigenvalue weighted by molar-refractivity contribution is 5.91. The smallest absolute Gasteiger partial charge is 0.199 e. The van der Waals surface area contributed by atoms with Gasteiger partial charge in [-0.1, -0.05) is 13.0 Å². The van der Waals surface area contributed by atoms with Gasteiger partial charge in [0.1, 0.15) is 11.9 Å². The van der Waals surface area contributed by atoms with Crippen molar-refractivity contribution in [3.05, 3.63) is 29.3 Å². The fourth-order valence-electron chi connectivity index (χ4n) is 6.66. The summed E-state index contributed by atoms with van der Waals surface area (Å²) in [5.41, 5.74) is 2.20. The molecule has 0 amide bonds. The van der Waals surface area contributed by atoms with Crippen molar-refractivity contribution in [1.29, 1.82) is 0 Å². The van der Waals surface area contributed by atoms with Crippen LogP contribution in [0.2, 0.25) is 0 Å². The van der Waals surface area contributed by atoms with E-state index in [0.29, 0.717) is 18.8 Å². The minimum Gasteiger partial charge on any atom is -0.465 e. The second-order valence-corrected chi connectivity index (χ2v) is 9.62. The molecule has 0 spiro atoms. The summed E-state index contributed by atoms with van der Waals surface area (Å²) in [6.07, 6.45) is 5.57. The molecule has 1 aromatic carbocycles. The zero-order valence-corrected chi connectivity index (χ0v) is 17.4.